The number of amides is 1. The number of halogens is 1. The fraction of sp³-hybridized carbons (Fsp3) is 0.235. The van der Waals surface area contributed by atoms with E-state index in [2.05, 4.69) is 15.5 Å². The third kappa shape index (κ3) is 3.49. The molecule has 24 heavy (non-hydrogen) atoms. The summed E-state index contributed by atoms with van der Waals surface area (Å²) in [6.07, 6.45) is 6.17. The first-order valence-corrected chi connectivity index (χ1v) is 7.99. The summed E-state index contributed by atoms with van der Waals surface area (Å²) in [5, 5.41) is 7.43. The molecule has 0 saturated carbocycles. The van der Waals surface area contributed by atoms with E-state index in [0.717, 1.165) is 13.0 Å². The second kappa shape index (κ2) is 7.31. The Balaban J connectivity index is 1.69. The van der Waals surface area contributed by atoms with Crippen LogP contribution in [0.25, 0.3) is 11.3 Å². The minimum atomic E-state index is -0.214. The Kier molecular flexibility index (Phi) is 4.96. The van der Waals surface area contributed by atoms with Crippen LogP contribution in [0, 0.1) is 6.92 Å². The van der Waals surface area contributed by atoms with Crippen LogP contribution in [0.3, 0.4) is 0 Å². The van der Waals surface area contributed by atoms with Crippen molar-refractivity contribution in [2.75, 3.05) is 6.54 Å². The van der Waals surface area contributed by atoms with Crippen LogP contribution in [0.1, 0.15) is 22.5 Å². The maximum atomic E-state index is 12.5. The number of nitrogens with zero attached hydrogens (tertiary/aromatic N) is 3. The number of imidazole rings is 1. The highest BCUT2D eigenvalue weighted by atomic mass is 35.5. The molecule has 7 heteroatoms. The van der Waals surface area contributed by atoms with Gasteiger partial charge in [-0.3, -0.25) is 4.79 Å². The number of aromatic nitrogens is 3. The Morgan fingerprint density at radius 1 is 1.38 bits per heavy atom. The minimum Gasteiger partial charge on any atom is -0.360 e. The average molecular weight is 345 g/mol. The largest absolute Gasteiger partial charge is 0.360 e. The molecule has 3 rings (SSSR count). The van der Waals surface area contributed by atoms with Gasteiger partial charge in [0.2, 0.25) is 0 Å². The molecule has 0 spiro atoms. The van der Waals surface area contributed by atoms with Crippen molar-refractivity contribution >= 4 is 17.5 Å². The van der Waals surface area contributed by atoms with Gasteiger partial charge in [-0.2, -0.15) is 0 Å². The fourth-order valence-corrected chi connectivity index (χ4v) is 2.67. The summed E-state index contributed by atoms with van der Waals surface area (Å²) in [6.45, 7) is 3.05. The Morgan fingerprint density at radius 3 is 2.96 bits per heavy atom. The smallest absolute Gasteiger partial charge is 0.257 e. The van der Waals surface area contributed by atoms with Gasteiger partial charge in [0.1, 0.15) is 17.0 Å². The molecule has 2 aromatic heterocycles. The maximum absolute atomic E-state index is 12.5. The van der Waals surface area contributed by atoms with E-state index in [1.807, 2.05) is 29.0 Å². The molecule has 0 fully saturated rings. The Morgan fingerprint density at radius 2 is 2.21 bits per heavy atom. The predicted octanol–water partition coefficient (Wildman–Crippen LogP) is 3.32. The van der Waals surface area contributed by atoms with E-state index >= 15 is 0 Å². The Labute approximate surface area is 144 Å². The van der Waals surface area contributed by atoms with Gasteiger partial charge in [-0.1, -0.05) is 35.0 Å². The molecule has 0 aliphatic heterocycles. The van der Waals surface area contributed by atoms with Crippen molar-refractivity contribution in [2.45, 2.75) is 19.9 Å². The van der Waals surface area contributed by atoms with Crippen LogP contribution in [0.15, 0.2) is 47.5 Å². The van der Waals surface area contributed by atoms with E-state index in [9.17, 15) is 4.79 Å². The first kappa shape index (κ1) is 16.3. The van der Waals surface area contributed by atoms with Crippen molar-refractivity contribution in [1.29, 1.82) is 0 Å². The third-order valence-electron chi connectivity index (χ3n) is 3.66. The second-order valence-corrected chi connectivity index (χ2v) is 5.76. The van der Waals surface area contributed by atoms with Gasteiger partial charge in [0, 0.05) is 31.0 Å². The molecule has 124 valence electrons. The predicted molar refractivity (Wildman–Crippen MR) is 90.9 cm³/mol. The molecule has 0 aliphatic carbocycles. The summed E-state index contributed by atoms with van der Waals surface area (Å²) in [7, 11) is 0. The molecule has 3 aromatic rings. The van der Waals surface area contributed by atoms with Gasteiger partial charge in [0.15, 0.2) is 0 Å². The summed E-state index contributed by atoms with van der Waals surface area (Å²) in [6, 6.07) is 7.25. The zero-order valence-electron chi connectivity index (χ0n) is 13.2. The average Bonchev–Trinajstić information content (AvgIpc) is 3.21. The Bertz CT molecular complexity index is 827. The molecule has 1 aromatic carbocycles. The number of hydrogen-bond acceptors (Lipinski definition) is 4. The van der Waals surface area contributed by atoms with Crippen LogP contribution in [0.4, 0.5) is 0 Å². The summed E-state index contributed by atoms with van der Waals surface area (Å²) in [5.41, 5.74) is 1.57. The van der Waals surface area contributed by atoms with Crippen molar-refractivity contribution in [3.8, 4) is 11.3 Å². The summed E-state index contributed by atoms with van der Waals surface area (Å²) >= 11 is 6.21. The molecule has 0 radical (unpaired) electrons. The Hall–Kier alpha value is -2.60. The molecular weight excluding hydrogens is 328 g/mol. The van der Waals surface area contributed by atoms with Crippen molar-refractivity contribution in [3.05, 3.63) is 59.3 Å². The molecule has 0 unspecified atom stereocenters. The molecule has 0 saturated heterocycles. The van der Waals surface area contributed by atoms with Gasteiger partial charge < -0.3 is 14.4 Å². The minimum absolute atomic E-state index is 0.214. The molecule has 0 atom stereocenters. The highest BCUT2D eigenvalue weighted by molar-refractivity contribution is 6.33. The monoisotopic (exact) mass is 344 g/mol. The third-order valence-corrected chi connectivity index (χ3v) is 3.99. The fourth-order valence-electron chi connectivity index (χ4n) is 2.45. The van der Waals surface area contributed by atoms with Crippen LogP contribution in [0.5, 0.6) is 0 Å². The highest BCUT2D eigenvalue weighted by Gasteiger charge is 2.22. The van der Waals surface area contributed by atoms with E-state index in [4.69, 9.17) is 16.1 Å². The number of rotatable bonds is 6. The zero-order valence-corrected chi connectivity index (χ0v) is 14.0. The first-order valence-electron chi connectivity index (χ1n) is 7.62. The van der Waals surface area contributed by atoms with Crippen LogP contribution < -0.4 is 5.32 Å². The van der Waals surface area contributed by atoms with Gasteiger partial charge in [-0.25, -0.2) is 4.98 Å². The number of carbonyl (C=O) groups excluding carboxylic acids is 1. The lowest BCUT2D eigenvalue weighted by Crippen LogP contribution is -2.26. The van der Waals surface area contributed by atoms with Gasteiger partial charge in [-0.15, -0.1) is 0 Å². The molecule has 0 aliphatic rings. The number of hydrogen-bond donors (Lipinski definition) is 1. The topological polar surface area (TPSA) is 73.0 Å². The lowest BCUT2D eigenvalue weighted by atomic mass is 10.1. The molecular formula is C17H17ClN4O2. The van der Waals surface area contributed by atoms with Crippen LogP contribution in [-0.4, -0.2) is 27.2 Å². The number of benzene rings is 1. The van der Waals surface area contributed by atoms with Crippen LogP contribution in [0.2, 0.25) is 5.02 Å². The molecule has 2 heterocycles. The highest BCUT2D eigenvalue weighted by Crippen LogP contribution is 2.30. The molecule has 1 N–H and O–H groups in total. The van der Waals surface area contributed by atoms with Gasteiger partial charge in [-0.05, 0) is 19.4 Å². The van der Waals surface area contributed by atoms with E-state index < -0.39 is 0 Å². The molecule has 0 bridgehead atoms. The lowest BCUT2D eigenvalue weighted by Gasteiger charge is -2.07. The molecule has 1 amide bonds. The lowest BCUT2D eigenvalue weighted by molar-refractivity contribution is 0.0952. The summed E-state index contributed by atoms with van der Waals surface area (Å²) in [4.78, 5) is 16.5. The van der Waals surface area contributed by atoms with Crippen molar-refractivity contribution in [2.24, 2.45) is 0 Å². The van der Waals surface area contributed by atoms with Crippen molar-refractivity contribution in [1.82, 2.24) is 20.0 Å². The van der Waals surface area contributed by atoms with E-state index in [-0.39, 0.29) is 5.91 Å². The first-order chi connectivity index (χ1) is 11.7. The van der Waals surface area contributed by atoms with E-state index in [1.165, 1.54) is 0 Å². The van der Waals surface area contributed by atoms with Crippen LogP contribution >= 0.6 is 11.6 Å². The normalized spacial score (nSPS) is 10.8. The zero-order chi connectivity index (χ0) is 16.9. The van der Waals surface area contributed by atoms with E-state index in [0.29, 0.717) is 34.1 Å². The number of aryl methyl sites for hydroxylation is 2. The molecule has 6 nitrogen and oxygen atoms in total. The summed E-state index contributed by atoms with van der Waals surface area (Å²) < 4.78 is 7.17. The van der Waals surface area contributed by atoms with Crippen molar-refractivity contribution in [3.63, 3.8) is 0 Å². The van der Waals surface area contributed by atoms with Gasteiger partial charge in [0.25, 0.3) is 5.91 Å². The van der Waals surface area contributed by atoms with E-state index in [1.54, 1.807) is 25.5 Å². The van der Waals surface area contributed by atoms with Crippen molar-refractivity contribution < 1.29 is 9.32 Å². The van der Waals surface area contributed by atoms with Crippen LogP contribution in [-0.2, 0) is 6.54 Å². The quantitative estimate of drug-likeness (QED) is 0.696. The standard InChI is InChI=1S/C17H17ClN4O2/c1-12-15(16(21-24-12)13-5-2-3-6-14(13)18)17(23)20-7-4-9-22-10-8-19-11-22/h2-3,5-6,8,10-11H,4,7,9H2,1H3,(H,20,23). The SMILES string of the molecule is Cc1onc(-c2ccccc2Cl)c1C(=O)NCCCn1ccnc1. The number of carbonyl (C=O) groups is 1. The maximum Gasteiger partial charge on any atom is 0.257 e. The summed E-state index contributed by atoms with van der Waals surface area (Å²) in [5.74, 6) is 0.256. The number of nitrogens with one attached hydrogen (secondary N) is 1. The van der Waals surface area contributed by atoms with Gasteiger partial charge in [0.05, 0.1) is 11.3 Å². The van der Waals surface area contributed by atoms with Gasteiger partial charge >= 0.3 is 0 Å². The second-order valence-electron chi connectivity index (χ2n) is 5.35.